The summed E-state index contributed by atoms with van der Waals surface area (Å²) >= 11 is 6.15. The van der Waals surface area contributed by atoms with Crippen molar-refractivity contribution in [3.63, 3.8) is 0 Å². The van der Waals surface area contributed by atoms with Gasteiger partial charge in [-0.2, -0.15) is 0 Å². The lowest BCUT2D eigenvalue weighted by molar-refractivity contribution is -0.132. The lowest BCUT2D eigenvalue weighted by Crippen LogP contribution is -2.49. The van der Waals surface area contributed by atoms with Gasteiger partial charge in [-0.25, -0.2) is 0 Å². The van der Waals surface area contributed by atoms with Crippen molar-refractivity contribution in [2.24, 2.45) is 29.6 Å². The summed E-state index contributed by atoms with van der Waals surface area (Å²) in [4.78, 5) is 13.0. The first-order chi connectivity index (χ1) is 11.6. The van der Waals surface area contributed by atoms with Crippen LogP contribution in [0.2, 0.25) is 5.02 Å². The monoisotopic (exact) mass is 349 g/mol. The highest BCUT2D eigenvalue weighted by Crippen LogP contribution is 2.56. The fourth-order valence-corrected chi connectivity index (χ4v) is 5.76. The zero-order valence-corrected chi connectivity index (χ0v) is 14.9. The summed E-state index contributed by atoms with van der Waals surface area (Å²) in [6.45, 7) is 0. The number of anilines is 1. The van der Waals surface area contributed by atoms with Crippen molar-refractivity contribution in [3.05, 3.63) is 17.2 Å². The van der Waals surface area contributed by atoms with Crippen LogP contribution in [0.5, 0.6) is 11.5 Å². The van der Waals surface area contributed by atoms with E-state index in [1.165, 1.54) is 32.1 Å². The van der Waals surface area contributed by atoms with Crippen molar-refractivity contribution < 1.29 is 14.3 Å². The first-order valence-electron chi connectivity index (χ1n) is 8.81. The molecule has 1 aromatic rings. The third kappa shape index (κ3) is 2.65. The number of ether oxygens (including phenoxy) is 2. The van der Waals surface area contributed by atoms with Crippen molar-refractivity contribution in [1.82, 2.24) is 0 Å². The molecule has 1 aromatic carbocycles. The van der Waals surface area contributed by atoms with Crippen LogP contribution in [0.15, 0.2) is 12.1 Å². The highest BCUT2D eigenvalue weighted by Gasteiger charge is 2.50. The molecule has 0 spiro atoms. The minimum Gasteiger partial charge on any atom is -0.495 e. The molecule has 0 radical (unpaired) electrons. The standard InChI is InChI=1S/C19H24ClNO3/c1-23-16-9-15(17(24-2)8-14(16)20)21-19(22)18-12-4-10-3-11(6-12)7-13(18)5-10/h8-13,18H,3-7H2,1-2H3,(H,21,22). The van der Waals surface area contributed by atoms with Gasteiger partial charge in [-0.3, -0.25) is 4.79 Å². The molecule has 4 saturated carbocycles. The zero-order valence-electron chi connectivity index (χ0n) is 14.2. The molecule has 130 valence electrons. The van der Waals surface area contributed by atoms with Crippen LogP contribution in [0.25, 0.3) is 0 Å². The second kappa shape index (κ2) is 6.14. The number of amides is 1. The molecule has 0 aromatic heterocycles. The minimum atomic E-state index is 0.131. The Bertz CT molecular complexity index is 632. The normalized spacial score (nSPS) is 33.4. The Balaban J connectivity index is 1.56. The molecule has 1 N–H and O–H groups in total. The summed E-state index contributed by atoms with van der Waals surface area (Å²) in [7, 11) is 3.15. The molecule has 0 saturated heterocycles. The third-order valence-electron chi connectivity index (χ3n) is 6.26. The Morgan fingerprint density at radius 2 is 1.58 bits per heavy atom. The van der Waals surface area contributed by atoms with E-state index < -0.39 is 0 Å². The molecule has 0 unspecified atom stereocenters. The highest BCUT2D eigenvalue weighted by atomic mass is 35.5. The molecule has 4 aliphatic rings. The summed E-state index contributed by atoms with van der Waals surface area (Å²) < 4.78 is 10.6. The molecule has 0 heterocycles. The number of carbonyl (C=O) groups excluding carboxylic acids is 1. The summed E-state index contributed by atoms with van der Waals surface area (Å²) in [5, 5.41) is 3.56. The summed E-state index contributed by atoms with van der Waals surface area (Å²) in [6, 6.07) is 3.43. The van der Waals surface area contributed by atoms with Crippen LogP contribution < -0.4 is 14.8 Å². The SMILES string of the molecule is COc1cc(NC(=O)C2C3CC4CC(C3)CC2C4)c(OC)cc1Cl. The molecule has 4 bridgehead atoms. The lowest BCUT2D eigenvalue weighted by atomic mass is 9.51. The molecule has 4 nitrogen and oxygen atoms in total. The molecular weight excluding hydrogens is 326 g/mol. The van der Waals surface area contributed by atoms with E-state index in [4.69, 9.17) is 21.1 Å². The average Bonchev–Trinajstić information content (AvgIpc) is 2.55. The fraction of sp³-hybridized carbons (Fsp3) is 0.632. The van der Waals surface area contributed by atoms with Gasteiger partial charge in [0.15, 0.2) is 0 Å². The Kier molecular flexibility index (Phi) is 4.11. The van der Waals surface area contributed by atoms with E-state index >= 15 is 0 Å². The molecule has 1 amide bonds. The van der Waals surface area contributed by atoms with Crippen molar-refractivity contribution in [2.45, 2.75) is 32.1 Å². The second-order valence-electron chi connectivity index (χ2n) is 7.63. The van der Waals surface area contributed by atoms with Gasteiger partial charge >= 0.3 is 0 Å². The van der Waals surface area contributed by atoms with Gasteiger partial charge in [-0.15, -0.1) is 0 Å². The Morgan fingerprint density at radius 3 is 2.12 bits per heavy atom. The van der Waals surface area contributed by atoms with E-state index in [9.17, 15) is 4.79 Å². The summed E-state index contributed by atoms with van der Waals surface area (Å²) in [6.07, 6.45) is 6.31. The van der Waals surface area contributed by atoms with Crippen LogP contribution >= 0.6 is 11.6 Å². The number of methoxy groups -OCH3 is 2. The summed E-state index contributed by atoms with van der Waals surface area (Å²) in [5.74, 6) is 4.22. The predicted molar refractivity (Wildman–Crippen MR) is 93.7 cm³/mol. The third-order valence-corrected chi connectivity index (χ3v) is 6.56. The molecule has 24 heavy (non-hydrogen) atoms. The number of hydrogen-bond acceptors (Lipinski definition) is 3. The summed E-state index contributed by atoms with van der Waals surface area (Å²) in [5.41, 5.74) is 0.637. The van der Waals surface area contributed by atoms with E-state index in [1.807, 2.05) is 0 Å². The smallest absolute Gasteiger partial charge is 0.228 e. The maximum Gasteiger partial charge on any atom is 0.228 e. The molecule has 5 rings (SSSR count). The maximum atomic E-state index is 13.0. The minimum absolute atomic E-state index is 0.131. The highest BCUT2D eigenvalue weighted by molar-refractivity contribution is 6.32. The number of carbonyl (C=O) groups is 1. The molecule has 4 fully saturated rings. The van der Waals surface area contributed by atoms with Crippen molar-refractivity contribution in [3.8, 4) is 11.5 Å². The van der Waals surface area contributed by atoms with Crippen molar-refractivity contribution in [1.29, 1.82) is 0 Å². The van der Waals surface area contributed by atoms with E-state index in [1.54, 1.807) is 26.4 Å². The number of benzene rings is 1. The van der Waals surface area contributed by atoms with Gasteiger partial charge in [0.05, 0.1) is 24.9 Å². The quantitative estimate of drug-likeness (QED) is 0.878. The molecule has 0 atom stereocenters. The van der Waals surface area contributed by atoms with Gasteiger partial charge in [0.2, 0.25) is 5.91 Å². The largest absolute Gasteiger partial charge is 0.495 e. The zero-order chi connectivity index (χ0) is 16.8. The van der Waals surface area contributed by atoms with Crippen molar-refractivity contribution in [2.75, 3.05) is 19.5 Å². The Morgan fingerprint density at radius 1 is 1.00 bits per heavy atom. The van der Waals surface area contributed by atoms with Gasteiger partial charge in [-0.1, -0.05) is 11.6 Å². The van der Waals surface area contributed by atoms with Gasteiger partial charge < -0.3 is 14.8 Å². The topological polar surface area (TPSA) is 47.6 Å². The van der Waals surface area contributed by atoms with Crippen LogP contribution in [0.4, 0.5) is 5.69 Å². The van der Waals surface area contributed by atoms with Gasteiger partial charge in [0, 0.05) is 18.1 Å². The Labute approximate surface area is 147 Å². The van der Waals surface area contributed by atoms with Crippen LogP contribution in [-0.4, -0.2) is 20.1 Å². The Hall–Kier alpha value is -1.42. The van der Waals surface area contributed by atoms with Gasteiger partial charge in [-0.05, 0) is 55.8 Å². The number of nitrogens with one attached hydrogen (secondary N) is 1. The van der Waals surface area contributed by atoms with Gasteiger partial charge in [0.1, 0.15) is 11.5 Å². The van der Waals surface area contributed by atoms with Crippen LogP contribution in [0, 0.1) is 29.6 Å². The number of hydrogen-bond donors (Lipinski definition) is 1. The van der Waals surface area contributed by atoms with Crippen LogP contribution in [0.1, 0.15) is 32.1 Å². The second-order valence-corrected chi connectivity index (χ2v) is 8.04. The molecule has 4 aliphatic carbocycles. The molecular formula is C19H24ClNO3. The van der Waals surface area contributed by atoms with E-state index in [-0.39, 0.29) is 11.8 Å². The number of halogens is 1. The number of rotatable bonds is 4. The van der Waals surface area contributed by atoms with E-state index in [0.717, 1.165) is 11.8 Å². The fourth-order valence-electron chi connectivity index (χ4n) is 5.53. The predicted octanol–water partition coefficient (Wildman–Crippen LogP) is 4.37. The van der Waals surface area contributed by atoms with Gasteiger partial charge in [0.25, 0.3) is 0 Å². The van der Waals surface area contributed by atoms with Crippen LogP contribution in [-0.2, 0) is 4.79 Å². The van der Waals surface area contributed by atoms with E-state index in [2.05, 4.69) is 5.32 Å². The molecule has 5 heteroatoms. The van der Waals surface area contributed by atoms with Crippen LogP contribution in [0.3, 0.4) is 0 Å². The molecule has 0 aliphatic heterocycles. The van der Waals surface area contributed by atoms with Crippen molar-refractivity contribution >= 4 is 23.2 Å². The first-order valence-corrected chi connectivity index (χ1v) is 9.19. The first kappa shape index (κ1) is 16.1. The lowest BCUT2D eigenvalue weighted by Gasteiger charge is -2.53. The average molecular weight is 350 g/mol. The van der Waals surface area contributed by atoms with E-state index in [0.29, 0.717) is 34.0 Å². The maximum absolute atomic E-state index is 13.0.